The van der Waals surface area contributed by atoms with E-state index < -0.39 is 17.7 Å². The molecule has 0 aromatic heterocycles. The van der Waals surface area contributed by atoms with Crippen molar-refractivity contribution in [3.8, 4) is 0 Å². The molecule has 0 radical (unpaired) electrons. The molecule has 0 aliphatic heterocycles. The zero-order valence-corrected chi connectivity index (χ0v) is 11.4. The molecule has 0 amide bonds. The lowest BCUT2D eigenvalue weighted by Gasteiger charge is -2.14. The third-order valence-corrected chi connectivity index (χ3v) is 3.24. The largest absolute Gasteiger partial charge is 0.323 e. The molecular formula is C14H11BrF3N. The molecule has 0 aliphatic rings. The number of rotatable bonds is 3. The van der Waals surface area contributed by atoms with E-state index in [9.17, 15) is 13.2 Å². The van der Waals surface area contributed by atoms with Gasteiger partial charge < -0.3 is 5.73 Å². The molecule has 1 atom stereocenters. The molecule has 5 heteroatoms. The Balaban J connectivity index is 2.25. The van der Waals surface area contributed by atoms with Gasteiger partial charge in [0.2, 0.25) is 0 Å². The minimum absolute atomic E-state index is 0.160. The van der Waals surface area contributed by atoms with Gasteiger partial charge in [-0.1, -0.05) is 28.1 Å². The molecule has 0 aliphatic carbocycles. The van der Waals surface area contributed by atoms with E-state index in [2.05, 4.69) is 15.9 Å². The quantitative estimate of drug-likeness (QED) is 0.901. The minimum Gasteiger partial charge on any atom is -0.323 e. The van der Waals surface area contributed by atoms with Gasteiger partial charge in [0.25, 0.3) is 0 Å². The van der Waals surface area contributed by atoms with Crippen molar-refractivity contribution in [3.63, 3.8) is 0 Å². The van der Waals surface area contributed by atoms with Crippen molar-refractivity contribution in [2.75, 3.05) is 0 Å². The van der Waals surface area contributed by atoms with E-state index in [0.29, 0.717) is 4.47 Å². The van der Waals surface area contributed by atoms with Gasteiger partial charge >= 0.3 is 0 Å². The van der Waals surface area contributed by atoms with Crippen molar-refractivity contribution in [1.82, 2.24) is 0 Å². The van der Waals surface area contributed by atoms with Crippen LogP contribution in [-0.2, 0) is 6.42 Å². The third kappa shape index (κ3) is 3.36. The van der Waals surface area contributed by atoms with Crippen molar-refractivity contribution >= 4 is 15.9 Å². The summed E-state index contributed by atoms with van der Waals surface area (Å²) in [6, 6.07) is 7.19. The Morgan fingerprint density at radius 3 is 2.05 bits per heavy atom. The van der Waals surface area contributed by atoms with Crippen LogP contribution in [0.5, 0.6) is 0 Å². The predicted octanol–water partition coefficient (Wildman–Crippen LogP) is 4.11. The highest BCUT2D eigenvalue weighted by atomic mass is 79.9. The Kier molecular flexibility index (Phi) is 4.27. The fraction of sp³-hybridized carbons (Fsp3) is 0.143. The second kappa shape index (κ2) is 5.75. The van der Waals surface area contributed by atoms with Crippen LogP contribution >= 0.6 is 15.9 Å². The van der Waals surface area contributed by atoms with Gasteiger partial charge in [-0.15, -0.1) is 0 Å². The number of hydrogen-bond donors (Lipinski definition) is 1. The summed E-state index contributed by atoms with van der Waals surface area (Å²) in [7, 11) is 0. The SMILES string of the molecule is NC(Cc1ccc(F)cc1)c1c(F)cc(Br)cc1F. The van der Waals surface area contributed by atoms with Crippen LogP contribution in [0, 0.1) is 17.5 Å². The number of nitrogens with two attached hydrogens (primary N) is 1. The van der Waals surface area contributed by atoms with E-state index in [0.717, 1.165) is 5.56 Å². The Hall–Kier alpha value is -1.33. The molecule has 19 heavy (non-hydrogen) atoms. The maximum absolute atomic E-state index is 13.7. The van der Waals surface area contributed by atoms with Gasteiger partial charge in [0, 0.05) is 16.1 Å². The van der Waals surface area contributed by atoms with Gasteiger partial charge in [-0.2, -0.15) is 0 Å². The first-order valence-corrected chi connectivity index (χ1v) is 6.41. The average molecular weight is 330 g/mol. The molecule has 0 saturated carbocycles. The summed E-state index contributed by atoms with van der Waals surface area (Å²) in [5, 5.41) is 0. The van der Waals surface area contributed by atoms with Gasteiger partial charge in [0.05, 0.1) is 0 Å². The molecule has 0 fully saturated rings. The predicted molar refractivity (Wildman–Crippen MR) is 71.1 cm³/mol. The lowest BCUT2D eigenvalue weighted by molar-refractivity contribution is 0.523. The molecule has 2 rings (SSSR count). The van der Waals surface area contributed by atoms with E-state index in [-0.39, 0.29) is 17.8 Å². The molecule has 0 spiro atoms. The fourth-order valence-electron chi connectivity index (χ4n) is 1.88. The highest BCUT2D eigenvalue weighted by Crippen LogP contribution is 2.25. The normalized spacial score (nSPS) is 12.5. The Bertz CT molecular complexity index is 561. The van der Waals surface area contributed by atoms with E-state index in [1.807, 2.05) is 0 Å². The molecule has 2 N–H and O–H groups in total. The molecular weight excluding hydrogens is 319 g/mol. The first-order chi connectivity index (χ1) is 8.97. The molecule has 2 aromatic rings. The molecule has 0 bridgehead atoms. The number of halogens is 4. The second-order valence-electron chi connectivity index (χ2n) is 4.22. The van der Waals surface area contributed by atoms with Gasteiger partial charge in [-0.05, 0) is 36.2 Å². The Labute approximate surface area is 117 Å². The monoisotopic (exact) mass is 329 g/mol. The van der Waals surface area contributed by atoms with Gasteiger partial charge in [-0.3, -0.25) is 0 Å². The van der Waals surface area contributed by atoms with Crippen LogP contribution in [0.4, 0.5) is 13.2 Å². The molecule has 0 heterocycles. The maximum atomic E-state index is 13.7. The average Bonchev–Trinajstić information content (AvgIpc) is 2.30. The first-order valence-electron chi connectivity index (χ1n) is 5.62. The van der Waals surface area contributed by atoms with Crippen LogP contribution in [0.15, 0.2) is 40.9 Å². The van der Waals surface area contributed by atoms with Crippen LogP contribution in [0.1, 0.15) is 17.2 Å². The highest BCUT2D eigenvalue weighted by molar-refractivity contribution is 9.10. The van der Waals surface area contributed by atoms with Crippen molar-refractivity contribution in [2.45, 2.75) is 12.5 Å². The number of hydrogen-bond acceptors (Lipinski definition) is 1. The van der Waals surface area contributed by atoms with Crippen LogP contribution in [0.3, 0.4) is 0 Å². The number of benzene rings is 2. The summed E-state index contributed by atoms with van der Waals surface area (Å²) in [5.41, 5.74) is 6.39. The summed E-state index contributed by atoms with van der Waals surface area (Å²) in [6.45, 7) is 0. The second-order valence-corrected chi connectivity index (χ2v) is 5.14. The summed E-state index contributed by atoms with van der Waals surface area (Å²) in [5.74, 6) is -1.75. The van der Waals surface area contributed by atoms with E-state index in [1.165, 1.54) is 24.3 Å². The minimum atomic E-state index is -0.821. The lowest BCUT2D eigenvalue weighted by atomic mass is 9.99. The Morgan fingerprint density at radius 1 is 1.00 bits per heavy atom. The van der Waals surface area contributed by atoms with Gasteiger partial charge in [0.1, 0.15) is 17.5 Å². The topological polar surface area (TPSA) is 26.0 Å². The zero-order chi connectivity index (χ0) is 14.0. The van der Waals surface area contributed by atoms with Crippen molar-refractivity contribution in [1.29, 1.82) is 0 Å². The van der Waals surface area contributed by atoms with Crippen LogP contribution in [0.2, 0.25) is 0 Å². The van der Waals surface area contributed by atoms with Crippen molar-refractivity contribution in [2.24, 2.45) is 5.73 Å². The van der Waals surface area contributed by atoms with E-state index in [1.54, 1.807) is 12.1 Å². The maximum Gasteiger partial charge on any atom is 0.132 e. The molecule has 2 aromatic carbocycles. The summed E-state index contributed by atoms with van der Waals surface area (Å²) >= 11 is 3.01. The standard InChI is InChI=1S/C14H11BrF3N/c15-9-6-11(17)14(12(18)7-9)13(19)5-8-1-3-10(16)4-2-8/h1-4,6-7,13H,5,19H2. The van der Waals surface area contributed by atoms with Crippen molar-refractivity contribution in [3.05, 3.63) is 69.4 Å². The van der Waals surface area contributed by atoms with Gasteiger partial charge in [0.15, 0.2) is 0 Å². The molecule has 0 saturated heterocycles. The van der Waals surface area contributed by atoms with Gasteiger partial charge in [-0.25, -0.2) is 13.2 Å². The Morgan fingerprint density at radius 2 is 1.53 bits per heavy atom. The van der Waals surface area contributed by atoms with Crippen LogP contribution in [0.25, 0.3) is 0 Å². The summed E-state index contributed by atoms with van der Waals surface area (Å²) in [6.07, 6.45) is 0.232. The van der Waals surface area contributed by atoms with E-state index in [4.69, 9.17) is 5.73 Å². The zero-order valence-electron chi connectivity index (χ0n) is 9.84. The summed E-state index contributed by atoms with van der Waals surface area (Å²) in [4.78, 5) is 0. The molecule has 1 unspecified atom stereocenters. The smallest absolute Gasteiger partial charge is 0.132 e. The first kappa shape index (κ1) is 14.1. The lowest BCUT2D eigenvalue weighted by Crippen LogP contribution is -2.17. The summed E-state index contributed by atoms with van der Waals surface area (Å²) < 4.78 is 40.5. The fourth-order valence-corrected chi connectivity index (χ4v) is 2.29. The molecule has 1 nitrogen and oxygen atoms in total. The third-order valence-electron chi connectivity index (χ3n) is 2.78. The van der Waals surface area contributed by atoms with Crippen LogP contribution in [-0.4, -0.2) is 0 Å². The van der Waals surface area contributed by atoms with Crippen molar-refractivity contribution < 1.29 is 13.2 Å². The van der Waals surface area contributed by atoms with E-state index >= 15 is 0 Å². The van der Waals surface area contributed by atoms with Crippen LogP contribution < -0.4 is 5.73 Å². The highest BCUT2D eigenvalue weighted by Gasteiger charge is 2.18. The molecule has 100 valence electrons.